The van der Waals surface area contributed by atoms with Crippen LogP contribution >= 0.6 is 11.6 Å². The van der Waals surface area contributed by atoms with Crippen molar-refractivity contribution in [1.29, 1.82) is 0 Å². The van der Waals surface area contributed by atoms with E-state index in [1.807, 2.05) is 0 Å². The minimum absolute atomic E-state index is 0.111. The molecule has 1 aromatic carbocycles. The van der Waals surface area contributed by atoms with Gasteiger partial charge in [0.2, 0.25) is 5.95 Å². The fourth-order valence-electron chi connectivity index (χ4n) is 1.52. The van der Waals surface area contributed by atoms with Crippen LogP contribution in [0.25, 0.3) is 0 Å². The summed E-state index contributed by atoms with van der Waals surface area (Å²) in [6, 6.07) is 6.35. The van der Waals surface area contributed by atoms with E-state index in [1.54, 1.807) is 0 Å². The monoisotopic (exact) mass is 316 g/mol. The molecule has 1 amide bonds. The maximum Gasteiger partial charge on any atom is 0.387 e. The lowest BCUT2D eigenvalue weighted by Crippen LogP contribution is -2.14. The fraction of sp³-hybridized carbons (Fsp3) is 0.0769. The van der Waals surface area contributed by atoms with Crippen LogP contribution < -0.4 is 10.1 Å². The number of ether oxygens (including phenoxy) is 1. The van der Waals surface area contributed by atoms with Crippen LogP contribution in [-0.4, -0.2) is 17.5 Å². The van der Waals surface area contributed by atoms with E-state index < -0.39 is 18.5 Å². The predicted octanol–water partition coefficient (Wildman–Crippen LogP) is 3.73. The highest BCUT2D eigenvalue weighted by Gasteiger charge is 2.14. The predicted molar refractivity (Wildman–Crippen MR) is 70.2 cm³/mol. The van der Waals surface area contributed by atoms with Crippen molar-refractivity contribution >= 4 is 23.2 Å². The lowest BCUT2D eigenvalue weighted by Gasteiger charge is -2.09. The number of halogens is 4. The molecule has 110 valence electrons. The Morgan fingerprint density at radius 3 is 2.71 bits per heavy atom. The highest BCUT2D eigenvalue weighted by Crippen LogP contribution is 2.29. The molecule has 0 aliphatic rings. The molecule has 0 spiro atoms. The first-order valence-electron chi connectivity index (χ1n) is 5.63. The zero-order valence-electron chi connectivity index (χ0n) is 10.3. The molecule has 0 fully saturated rings. The Morgan fingerprint density at radius 1 is 1.33 bits per heavy atom. The van der Waals surface area contributed by atoms with E-state index in [1.165, 1.54) is 36.5 Å². The van der Waals surface area contributed by atoms with Gasteiger partial charge in [0.1, 0.15) is 5.75 Å². The third-order valence-electron chi connectivity index (χ3n) is 2.41. The van der Waals surface area contributed by atoms with Crippen molar-refractivity contribution in [2.24, 2.45) is 0 Å². The van der Waals surface area contributed by atoms with Crippen molar-refractivity contribution in [2.45, 2.75) is 6.61 Å². The summed E-state index contributed by atoms with van der Waals surface area (Å²) in [5, 5.41) is 2.26. The van der Waals surface area contributed by atoms with Crippen LogP contribution in [0.15, 0.2) is 36.5 Å². The molecule has 1 N–H and O–H groups in total. The normalized spacial score (nSPS) is 10.5. The molecule has 0 bridgehead atoms. The number of benzene rings is 1. The summed E-state index contributed by atoms with van der Waals surface area (Å²) in [6.45, 7) is -3.01. The second kappa shape index (κ2) is 6.45. The Bertz CT molecular complexity index is 668. The van der Waals surface area contributed by atoms with Crippen molar-refractivity contribution in [3.63, 3.8) is 0 Å². The fourth-order valence-corrected chi connectivity index (χ4v) is 1.75. The molecule has 0 aliphatic carbocycles. The summed E-state index contributed by atoms with van der Waals surface area (Å²) >= 11 is 5.74. The van der Waals surface area contributed by atoms with Gasteiger partial charge in [-0.05, 0) is 30.3 Å². The van der Waals surface area contributed by atoms with E-state index in [2.05, 4.69) is 15.0 Å². The Morgan fingerprint density at radius 2 is 2.10 bits per heavy atom. The van der Waals surface area contributed by atoms with Gasteiger partial charge in [-0.1, -0.05) is 11.6 Å². The summed E-state index contributed by atoms with van der Waals surface area (Å²) in [4.78, 5) is 15.2. The first-order chi connectivity index (χ1) is 9.97. The number of rotatable bonds is 4. The highest BCUT2D eigenvalue weighted by atomic mass is 35.5. The molecule has 4 nitrogen and oxygen atoms in total. The van der Waals surface area contributed by atoms with Crippen molar-refractivity contribution in [3.8, 4) is 5.75 Å². The maximum absolute atomic E-state index is 13.3. The standard InChI is InChI=1S/C13H8ClF3N2O2/c14-9-6-7(3-4-10(9)21-13(16)17)19-12(20)8-2-1-5-18-11(8)15/h1-6,13H,(H,19,20). The van der Waals surface area contributed by atoms with Crippen LogP contribution in [0.3, 0.4) is 0 Å². The van der Waals surface area contributed by atoms with Gasteiger partial charge in [-0.2, -0.15) is 13.2 Å². The van der Waals surface area contributed by atoms with Crippen molar-refractivity contribution in [2.75, 3.05) is 5.32 Å². The highest BCUT2D eigenvalue weighted by molar-refractivity contribution is 6.32. The number of pyridine rings is 1. The lowest BCUT2D eigenvalue weighted by molar-refractivity contribution is -0.0497. The second-order valence-electron chi connectivity index (χ2n) is 3.82. The number of carbonyl (C=O) groups is 1. The van der Waals surface area contributed by atoms with Crippen LogP contribution in [0.5, 0.6) is 5.75 Å². The Balaban J connectivity index is 2.15. The molecule has 21 heavy (non-hydrogen) atoms. The van der Waals surface area contributed by atoms with Gasteiger partial charge in [-0.15, -0.1) is 0 Å². The molecule has 0 atom stereocenters. The van der Waals surface area contributed by atoms with Gasteiger partial charge >= 0.3 is 6.61 Å². The summed E-state index contributed by atoms with van der Waals surface area (Å²) < 4.78 is 41.6. The molecule has 1 heterocycles. The number of aromatic nitrogens is 1. The smallest absolute Gasteiger partial charge is 0.387 e. The Labute approximate surface area is 122 Å². The quantitative estimate of drug-likeness (QED) is 0.874. The second-order valence-corrected chi connectivity index (χ2v) is 4.23. The average molecular weight is 317 g/mol. The molecule has 2 rings (SSSR count). The van der Waals surface area contributed by atoms with Gasteiger partial charge in [0.05, 0.1) is 10.6 Å². The molecular formula is C13H8ClF3N2O2. The van der Waals surface area contributed by atoms with Crippen molar-refractivity contribution < 1.29 is 22.7 Å². The number of hydrogen-bond donors (Lipinski definition) is 1. The first kappa shape index (κ1) is 15.1. The molecule has 0 unspecified atom stereocenters. The Hall–Kier alpha value is -2.28. The van der Waals surface area contributed by atoms with Crippen molar-refractivity contribution in [1.82, 2.24) is 4.98 Å². The van der Waals surface area contributed by atoms with Gasteiger partial charge in [-0.3, -0.25) is 4.79 Å². The third kappa shape index (κ3) is 3.85. The molecule has 0 saturated heterocycles. The van der Waals surface area contributed by atoms with Gasteiger partial charge < -0.3 is 10.1 Å². The van der Waals surface area contributed by atoms with E-state index in [0.29, 0.717) is 0 Å². The topological polar surface area (TPSA) is 51.2 Å². The number of nitrogens with one attached hydrogen (secondary N) is 1. The summed E-state index contributed by atoms with van der Waals surface area (Å²) in [7, 11) is 0. The molecule has 8 heteroatoms. The zero-order chi connectivity index (χ0) is 15.4. The summed E-state index contributed by atoms with van der Waals surface area (Å²) in [5.41, 5.74) is -0.0450. The SMILES string of the molecule is O=C(Nc1ccc(OC(F)F)c(Cl)c1)c1cccnc1F. The van der Waals surface area contributed by atoms with E-state index in [9.17, 15) is 18.0 Å². The molecule has 0 radical (unpaired) electrons. The number of carbonyl (C=O) groups excluding carboxylic acids is 1. The van der Waals surface area contributed by atoms with Crippen LogP contribution in [0.2, 0.25) is 5.02 Å². The maximum atomic E-state index is 13.3. The number of nitrogens with zero attached hydrogens (tertiary/aromatic N) is 1. The molecule has 0 aliphatic heterocycles. The minimum atomic E-state index is -3.01. The van der Waals surface area contributed by atoms with E-state index in [0.717, 1.165) is 0 Å². The van der Waals surface area contributed by atoms with E-state index in [-0.39, 0.29) is 22.0 Å². The largest absolute Gasteiger partial charge is 0.433 e. The number of hydrogen-bond acceptors (Lipinski definition) is 3. The Kier molecular flexibility index (Phi) is 4.64. The molecule has 0 saturated carbocycles. The van der Waals surface area contributed by atoms with Gasteiger partial charge in [-0.25, -0.2) is 4.98 Å². The molecule has 1 aromatic heterocycles. The average Bonchev–Trinajstić information content (AvgIpc) is 2.42. The number of amides is 1. The van der Waals surface area contributed by atoms with Gasteiger partial charge in [0, 0.05) is 11.9 Å². The lowest BCUT2D eigenvalue weighted by atomic mass is 10.2. The van der Waals surface area contributed by atoms with Gasteiger partial charge in [0.15, 0.2) is 0 Å². The summed E-state index contributed by atoms with van der Waals surface area (Å²) in [6.07, 6.45) is 1.21. The minimum Gasteiger partial charge on any atom is -0.433 e. The van der Waals surface area contributed by atoms with Crippen LogP contribution in [0.1, 0.15) is 10.4 Å². The van der Waals surface area contributed by atoms with E-state index >= 15 is 0 Å². The van der Waals surface area contributed by atoms with Crippen LogP contribution in [0, 0.1) is 5.95 Å². The number of alkyl halides is 2. The molecular weight excluding hydrogens is 309 g/mol. The summed E-state index contributed by atoms with van der Waals surface area (Å²) in [5.74, 6) is -1.88. The van der Waals surface area contributed by atoms with E-state index in [4.69, 9.17) is 11.6 Å². The van der Waals surface area contributed by atoms with Crippen LogP contribution in [-0.2, 0) is 0 Å². The van der Waals surface area contributed by atoms with Crippen molar-refractivity contribution in [3.05, 3.63) is 53.1 Å². The van der Waals surface area contributed by atoms with Crippen LogP contribution in [0.4, 0.5) is 18.9 Å². The zero-order valence-corrected chi connectivity index (χ0v) is 11.1. The van der Waals surface area contributed by atoms with Gasteiger partial charge in [0.25, 0.3) is 5.91 Å². The first-order valence-corrected chi connectivity index (χ1v) is 6.01. The third-order valence-corrected chi connectivity index (χ3v) is 2.70. The number of anilines is 1. The molecule has 2 aromatic rings.